The van der Waals surface area contributed by atoms with Crippen LogP contribution >= 0.6 is 0 Å². The van der Waals surface area contributed by atoms with Gasteiger partial charge in [0.2, 0.25) is 0 Å². The predicted molar refractivity (Wildman–Crippen MR) is 70.4 cm³/mol. The largest absolute Gasteiger partial charge is 0.376 e. The lowest BCUT2D eigenvalue weighted by atomic mass is 9.95. The van der Waals surface area contributed by atoms with E-state index in [1.807, 2.05) is 11.7 Å². The van der Waals surface area contributed by atoms with E-state index in [1.165, 1.54) is 0 Å². The number of ether oxygens (including phenoxy) is 1. The first kappa shape index (κ1) is 13.5. The van der Waals surface area contributed by atoms with E-state index in [2.05, 4.69) is 29.2 Å². The smallest absolute Gasteiger partial charge is 0.138 e. The molecular weight excluding hydrogens is 228 g/mol. The summed E-state index contributed by atoms with van der Waals surface area (Å²) in [5.74, 6) is 1.67. The lowest BCUT2D eigenvalue weighted by molar-refractivity contribution is 0.0624. The highest BCUT2D eigenvalue weighted by Gasteiger charge is 2.32. The summed E-state index contributed by atoms with van der Waals surface area (Å²) in [5, 5.41) is 7.65. The lowest BCUT2D eigenvalue weighted by Crippen LogP contribution is -2.42. The molecule has 1 saturated heterocycles. The van der Waals surface area contributed by atoms with Gasteiger partial charge in [-0.3, -0.25) is 4.68 Å². The van der Waals surface area contributed by atoms with Crippen LogP contribution < -0.4 is 5.32 Å². The Hall–Kier alpha value is -0.940. The molecular formula is C13H24N4O. The number of rotatable bonds is 6. The van der Waals surface area contributed by atoms with E-state index >= 15 is 0 Å². The summed E-state index contributed by atoms with van der Waals surface area (Å²) in [6.07, 6.45) is 5.06. The molecule has 2 rings (SSSR count). The second kappa shape index (κ2) is 6.29. The van der Waals surface area contributed by atoms with Crippen molar-refractivity contribution < 1.29 is 4.74 Å². The van der Waals surface area contributed by atoms with Crippen molar-refractivity contribution >= 4 is 0 Å². The van der Waals surface area contributed by atoms with Crippen molar-refractivity contribution in [2.75, 3.05) is 13.7 Å². The van der Waals surface area contributed by atoms with Crippen molar-refractivity contribution in [1.29, 1.82) is 0 Å². The molecule has 1 aliphatic rings. The molecule has 5 nitrogen and oxygen atoms in total. The Kier molecular flexibility index (Phi) is 4.72. The van der Waals surface area contributed by atoms with Gasteiger partial charge in [-0.15, -0.1) is 0 Å². The zero-order valence-corrected chi connectivity index (χ0v) is 11.6. The standard InChI is InChI=1S/C13H24N4O/c1-4-6-17-12(15-9-16-17)8-11(14-3)13-10(2)5-7-18-13/h9-11,13-14H,4-8H2,1-3H3. The summed E-state index contributed by atoms with van der Waals surface area (Å²) in [7, 11) is 2.00. The van der Waals surface area contributed by atoms with Crippen LogP contribution in [0.2, 0.25) is 0 Å². The molecule has 1 aliphatic heterocycles. The molecule has 0 saturated carbocycles. The molecule has 18 heavy (non-hydrogen) atoms. The monoisotopic (exact) mass is 252 g/mol. The summed E-state index contributed by atoms with van der Waals surface area (Å²) >= 11 is 0. The van der Waals surface area contributed by atoms with Crippen LogP contribution in [0.25, 0.3) is 0 Å². The summed E-state index contributed by atoms with van der Waals surface area (Å²) in [6.45, 7) is 6.24. The van der Waals surface area contributed by atoms with E-state index in [0.29, 0.717) is 18.1 Å². The Morgan fingerprint density at radius 1 is 1.61 bits per heavy atom. The molecule has 2 heterocycles. The number of nitrogens with zero attached hydrogens (tertiary/aromatic N) is 3. The van der Waals surface area contributed by atoms with E-state index in [9.17, 15) is 0 Å². The molecule has 102 valence electrons. The number of aromatic nitrogens is 3. The Morgan fingerprint density at radius 2 is 2.44 bits per heavy atom. The van der Waals surface area contributed by atoms with Crippen molar-refractivity contribution in [3.05, 3.63) is 12.2 Å². The minimum Gasteiger partial charge on any atom is -0.376 e. The number of aryl methyl sites for hydroxylation is 1. The number of hydrogen-bond donors (Lipinski definition) is 1. The van der Waals surface area contributed by atoms with Gasteiger partial charge in [-0.2, -0.15) is 5.10 Å². The van der Waals surface area contributed by atoms with Gasteiger partial charge >= 0.3 is 0 Å². The van der Waals surface area contributed by atoms with Crippen molar-refractivity contribution in [3.63, 3.8) is 0 Å². The lowest BCUT2D eigenvalue weighted by Gasteiger charge is -2.25. The minimum absolute atomic E-state index is 0.293. The van der Waals surface area contributed by atoms with Gasteiger partial charge < -0.3 is 10.1 Å². The summed E-state index contributed by atoms with van der Waals surface area (Å²) in [4.78, 5) is 4.38. The summed E-state index contributed by atoms with van der Waals surface area (Å²) < 4.78 is 7.85. The maximum atomic E-state index is 5.85. The van der Waals surface area contributed by atoms with Crippen molar-refractivity contribution in [1.82, 2.24) is 20.1 Å². The fraction of sp³-hybridized carbons (Fsp3) is 0.846. The van der Waals surface area contributed by atoms with Gasteiger partial charge in [-0.1, -0.05) is 13.8 Å². The number of likely N-dealkylation sites (N-methyl/N-ethyl adjacent to an activating group) is 1. The molecule has 0 aliphatic carbocycles. The van der Waals surface area contributed by atoms with E-state index < -0.39 is 0 Å². The Bertz CT molecular complexity index is 366. The molecule has 1 fully saturated rings. The molecule has 3 unspecified atom stereocenters. The van der Waals surface area contributed by atoms with Crippen molar-refractivity contribution in [3.8, 4) is 0 Å². The topological polar surface area (TPSA) is 52.0 Å². The quantitative estimate of drug-likeness (QED) is 0.827. The Balaban J connectivity index is 2.03. The van der Waals surface area contributed by atoms with Crippen LogP contribution in [-0.2, 0) is 17.7 Å². The molecule has 3 atom stereocenters. The number of nitrogens with one attached hydrogen (secondary N) is 1. The molecule has 1 aromatic rings. The molecule has 0 aromatic carbocycles. The third-order valence-electron chi connectivity index (χ3n) is 3.75. The van der Waals surface area contributed by atoms with Crippen LogP contribution in [0.15, 0.2) is 6.33 Å². The third kappa shape index (κ3) is 2.90. The first-order chi connectivity index (χ1) is 8.76. The van der Waals surface area contributed by atoms with Gasteiger partial charge in [0.1, 0.15) is 12.2 Å². The van der Waals surface area contributed by atoms with E-state index in [4.69, 9.17) is 4.74 Å². The molecule has 1 N–H and O–H groups in total. The van der Waals surface area contributed by atoms with Crippen LogP contribution in [0.3, 0.4) is 0 Å². The average molecular weight is 252 g/mol. The van der Waals surface area contributed by atoms with Crippen LogP contribution in [0.5, 0.6) is 0 Å². The highest BCUT2D eigenvalue weighted by Crippen LogP contribution is 2.24. The van der Waals surface area contributed by atoms with E-state index in [-0.39, 0.29) is 0 Å². The zero-order valence-electron chi connectivity index (χ0n) is 11.6. The molecule has 1 aromatic heterocycles. The Labute approximate surface area is 109 Å². The molecule has 5 heteroatoms. The first-order valence-corrected chi connectivity index (χ1v) is 6.91. The maximum Gasteiger partial charge on any atom is 0.138 e. The van der Waals surface area contributed by atoms with Gasteiger partial charge in [-0.25, -0.2) is 4.98 Å². The molecule has 0 radical (unpaired) electrons. The average Bonchev–Trinajstić information content (AvgIpc) is 2.96. The highest BCUT2D eigenvalue weighted by molar-refractivity contribution is 4.95. The van der Waals surface area contributed by atoms with E-state index in [1.54, 1.807) is 6.33 Å². The highest BCUT2D eigenvalue weighted by atomic mass is 16.5. The van der Waals surface area contributed by atoms with Crippen LogP contribution in [0.4, 0.5) is 0 Å². The summed E-state index contributed by atoms with van der Waals surface area (Å²) in [6, 6.07) is 0.322. The van der Waals surface area contributed by atoms with Crippen molar-refractivity contribution in [2.45, 2.75) is 51.8 Å². The van der Waals surface area contributed by atoms with Crippen LogP contribution in [0, 0.1) is 5.92 Å². The zero-order chi connectivity index (χ0) is 13.0. The minimum atomic E-state index is 0.293. The number of hydrogen-bond acceptors (Lipinski definition) is 4. The first-order valence-electron chi connectivity index (χ1n) is 6.91. The van der Waals surface area contributed by atoms with Gasteiger partial charge in [-0.05, 0) is 25.8 Å². The van der Waals surface area contributed by atoms with Crippen LogP contribution in [-0.4, -0.2) is 40.6 Å². The van der Waals surface area contributed by atoms with E-state index in [0.717, 1.165) is 38.2 Å². The van der Waals surface area contributed by atoms with Crippen molar-refractivity contribution in [2.24, 2.45) is 5.92 Å². The second-order valence-electron chi connectivity index (χ2n) is 5.10. The maximum absolute atomic E-state index is 5.85. The van der Waals surface area contributed by atoms with Gasteiger partial charge in [0.15, 0.2) is 0 Å². The summed E-state index contributed by atoms with van der Waals surface area (Å²) in [5.41, 5.74) is 0. The predicted octanol–water partition coefficient (Wildman–Crippen LogP) is 1.24. The van der Waals surface area contributed by atoms with Gasteiger partial charge in [0.05, 0.1) is 6.10 Å². The molecule has 0 amide bonds. The van der Waals surface area contributed by atoms with Crippen LogP contribution in [0.1, 0.15) is 32.5 Å². The second-order valence-corrected chi connectivity index (χ2v) is 5.10. The third-order valence-corrected chi connectivity index (χ3v) is 3.75. The fourth-order valence-corrected chi connectivity index (χ4v) is 2.66. The molecule has 0 spiro atoms. The van der Waals surface area contributed by atoms with Gasteiger partial charge in [0, 0.05) is 25.6 Å². The molecule has 0 bridgehead atoms. The SMILES string of the molecule is CCCn1ncnc1CC(NC)C1OCCC1C. The normalized spacial score (nSPS) is 25.5. The van der Waals surface area contributed by atoms with Gasteiger partial charge in [0.25, 0.3) is 0 Å². The Morgan fingerprint density at radius 3 is 3.06 bits per heavy atom. The fourth-order valence-electron chi connectivity index (χ4n) is 2.66.